The number of hydrogen-bond acceptors (Lipinski definition) is 1. The Morgan fingerprint density at radius 1 is 1.12 bits per heavy atom. The van der Waals surface area contributed by atoms with Crippen LogP contribution in [0, 0.1) is 16.7 Å². The van der Waals surface area contributed by atoms with Gasteiger partial charge in [-0.05, 0) is 48.1 Å². The molecule has 1 heteroatoms. The molecule has 1 aromatic rings. The van der Waals surface area contributed by atoms with Crippen LogP contribution in [0.1, 0.15) is 40.0 Å². The topological polar surface area (TPSA) is 0 Å². The number of hydrogen-bond donors (Lipinski definition) is 0. The molecule has 17 heavy (non-hydrogen) atoms. The van der Waals surface area contributed by atoms with Gasteiger partial charge in [0.15, 0.2) is 0 Å². The molecule has 0 saturated heterocycles. The van der Waals surface area contributed by atoms with Crippen LogP contribution in [0.15, 0.2) is 35.2 Å². The highest BCUT2D eigenvalue weighted by atomic mass is 32.2. The minimum Gasteiger partial charge on any atom is -0.122 e. The Hall–Kier alpha value is -0.430. The Labute approximate surface area is 109 Å². The highest BCUT2D eigenvalue weighted by Crippen LogP contribution is 2.68. The van der Waals surface area contributed by atoms with Crippen molar-refractivity contribution in [3.63, 3.8) is 0 Å². The largest absolute Gasteiger partial charge is 0.122 e. The third-order valence-electron chi connectivity index (χ3n) is 5.74. The maximum atomic E-state index is 2.53. The average Bonchev–Trinajstić information content (AvgIpc) is 2.63. The zero-order valence-corrected chi connectivity index (χ0v) is 11.9. The van der Waals surface area contributed by atoms with E-state index in [4.69, 9.17) is 0 Å². The average molecular weight is 246 g/mol. The molecule has 2 aliphatic rings. The Morgan fingerprint density at radius 3 is 2.35 bits per heavy atom. The van der Waals surface area contributed by atoms with Crippen molar-refractivity contribution in [2.75, 3.05) is 0 Å². The summed E-state index contributed by atoms with van der Waals surface area (Å²) in [4.78, 5) is 1.45. The summed E-state index contributed by atoms with van der Waals surface area (Å²) in [5.74, 6) is 0.953. The number of rotatable bonds is 2. The number of thioether (sulfide) groups is 1. The standard InChI is InChI=1S/C16H22S/c1-15(2)12-9-10-16(15,3)14(11-12)17-13-7-5-4-6-8-13/h4-8,12,14H,9-11H2,1-3H3. The molecule has 0 amide bonds. The lowest BCUT2D eigenvalue weighted by Crippen LogP contribution is -2.33. The van der Waals surface area contributed by atoms with Gasteiger partial charge in [0, 0.05) is 10.1 Å². The van der Waals surface area contributed by atoms with Crippen molar-refractivity contribution in [2.45, 2.75) is 50.2 Å². The maximum absolute atomic E-state index is 2.53. The molecule has 0 nitrogen and oxygen atoms in total. The zero-order valence-electron chi connectivity index (χ0n) is 11.1. The summed E-state index contributed by atoms with van der Waals surface area (Å²) in [7, 11) is 0. The van der Waals surface area contributed by atoms with Crippen LogP contribution < -0.4 is 0 Å². The summed E-state index contributed by atoms with van der Waals surface area (Å²) in [5.41, 5.74) is 1.08. The van der Waals surface area contributed by atoms with Crippen LogP contribution >= 0.6 is 11.8 Å². The summed E-state index contributed by atoms with van der Waals surface area (Å²) in [5, 5.41) is 0.818. The highest BCUT2D eigenvalue weighted by Gasteiger charge is 2.61. The van der Waals surface area contributed by atoms with Gasteiger partial charge in [0.1, 0.15) is 0 Å². The van der Waals surface area contributed by atoms with Gasteiger partial charge in [-0.25, -0.2) is 0 Å². The molecule has 3 rings (SSSR count). The minimum absolute atomic E-state index is 0.540. The molecule has 3 unspecified atom stereocenters. The van der Waals surface area contributed by atoms with Crippen LogP contribution in [0.2, 0.25) is 0 Å². The lowest BCUT2D eigenvalue weighted by Gasteiger charge is -2.39. The van der Waals surface area contributed by atoms with Crippen molar-refractivity contribution >= 4 is 11.8 Å². The molecular weight excluding hydrogens is 224 g/mol. The van der Waals surface area contributed by atoms with Gasteiger partial charge in [-0.3, -0.25) is 0 Å². The van der Waals surface area contributed by atoms with Gasteiger partial charge in [-0.15, -0.1) is 11.8 Å². The van der Waals surface area contributed by atoms with Gasteiger partial charge in [0.2, 0.25) is 0 Å². The Morgan fingerprint density at radius 2 is 1.82 bits per heavy atom. The first-order chi connectivity index (χ1) is 8.04. The molecular formula is C16H22S. The first-order valence-electron chi connectivity index (χ1n) is 6.76. The lowest BCUT2D eigenvalue weighted by molar-refractivity contribution is 0.156. The molecule has 2 fully saturated rings. The van der Waals surface area contributed by atoms with E-state index in [0.29, 0.717) is 10.8 Å². The lowest BCUT2D eigenvalue weighted by atomic mass is 9.71. The maximum Gasteiger partial charge on any atom is 0.0156 e. The van der Waals surface area contributed by atoms with Crippen LogP contribution in [-0.2, 0) is 0 Å². The monoisotopic (exact) mass is 246 g/mol. The Balaban J connectivity index is 1.83. The third kappa shape index (κ3) is 1.58. The zero-order chi connectivity index (χ0) is 12.1. The normalized spacial score (nSPS) is 38.5. The molecule has 92 valence electrons. The van der Waals surface area contributed by atoms with Crippen molar-refractivity contribution in [2.24, 2.45) is 16.7 Å². The van der Waals surface area contributed by atoms with Crippen LogP contribution in [0.4, 0.5) is 0 Å². The molecule has 2 aliphatic carbocycles. The smallest absolute Gasteiger partial charge is 0.0156 e. The molecule has 3 atom stereocenters. The summed E-state index contributed by atoms with van der Waals surface area (Å²) >= 11 is 2.12. The first kappa shape index (κ1) is 11.6. The van der Waals surface area contributed by atoms with Crippen LogP contribution in [-0.4, -0.2) is 5.25 Å². The van der Waals surface area contributed by atoms with Gasteiger partial charge in [0.25, 0.3) is 0 Å². The summed E-state index contributed by atoms with van der Waals surface area (Å²) in [6.07, 6.45) is 4.30. The van der Waals surface area contributed by atoms with Gasteiger partial charge < -0.3 is 0 Å². The van der Waals surface area contributed by atoms with Crippen LogP contribution in [0.3, 0.4) is 0 Å². The van der Waals surface area contributed by atoms with E-state index < -0.39 is 0 Å². The van der Waals surface area contributed by atoms with Crippen molar-refractivity contribution in [1.29, 1.82) is 0 Å². The van der Waals surface area contributed by atoms with E-state index in [9.17, 15) is 0 Å². The number of benzene rings is 1. The third-order valence-corrected chi connectivity index (χ3v) is 7.28. The van der Waals surface area contributed by atoms with Gasteiger partial charge in [-0.1, -0.05) is 39.0 Å². The van der Waals surface area contributed by atoms with Gasteiger partial charge >= 0.3 is 0 Å². The van der Waals surface area contributed by atoms with E-state index in [1.54, 1.807) is 0 Å². The summed E-state index contributed by atoms with van der Waals surface area (Å²) in [6.45, 7) is 7.52. The SMILES string of the molecule is CC1(C)C2CCC1(C)C(Sc1ccccc1)C2. The summed E-state index contributed by atoms with van der Waals surface area (Å²) in [6, 6.07) is 10.9. The number of fused-ring (bicyclic) bond motifs is 2. The fourth-order valence-corrected chi connectivity index (χ4v) is 5.62. The predicted octanol–water partition coefficient (Wildman–Crippen LogP) is 4.99. The van der Waals surface area contributed by atoms with Crippen molar-refractivity contribution in [3.05, 3.63) is 30.3 Å². The van der Waals surface area contributed by atoms with Crippen molar-refractivity contribution in [1.82, 2.24) is 0 Å². The van der Waals surface area contributed by atoms with Crippen molar-refractivity contribution < 1.29 is 0 Å². The second-order valence-electron chi connectivity index (χ2n) is 6.53. The van der Waals surface area contributed by atoms with E-state index in [1.165, 1.54) is 24.2 Å². The molecule has 2 bridgehead atoms. The molecule has 0 radical (unpaired) electrons. The van der Waals surface area contributed by atoms with Gasteiger partial charge in [0.05, 0.1) is 0 Å². The fourth-order valence-electron chi connectivity index (χ4n) is 3.97. The Bertz CT molecular complexity index is 409. The Kier molecular flexibility index (Phi) is 2.59. The van der Waals surface area contributed by atoms with E-state index >= 15 is 0 Å². The molecule has 0 spiro atoms. The van der Waals surface area contributed by atoms with Crippen molar-refractivity contribution in [3.8, 4) is 0 Å². The second-order valence-corrected chi connectivity index (χ2v) is 7.81. The van der Waals surface area contributed by atoms with E-state index in [1.807, 2.05) is 0 Å². The molecule has 1 aromatic carbocycles. The molecule has 0 N–H and O–H groups in total. The first-order valence-corrected chi connectivity index (χ1v) is 7.64. The van der Waals surface area contributed by atoms with Crippen LogP contribution in [0.5, 0.6) is 0 Å². The van der Waals surface area contributed by atoms with E-state index in [2.05, 4.69) is 62.9 Å². The molecule has 0 heterocycles. The quantitative estimate of drug-likeness (QED) is 0.708. The van der Waals surface area contributed by atoms with E-state index in [0.717, 1.165) is 11.2 Å². The fraction of sp³-hybridized carbons (Fsp3) is 0.625. The van der Waals surface area contributed by atoms with Gasteiger partial charge in [-0.2, -0.15) is 0 Å². The van der Waals surface area contributed by atoms with E-state index in [-0.39, 0.29) is 0 Å². The predicted molar refractivity (Wildman–Crippen MR) is 75.3 cm³/mol. The highest BCUT2D eigenvalue weighted by molar-refractivity contribution is 8.00. The minimum atomic E-state index is 0.540. The summed E-state index contributed by atoms with van der Waals surface area (Å²) < 4.78 is 0. The molecule has 2 saturated carbocycles. The molecule has 0 aliphatic heterocycles. The second kappa shape index (κ2) is 3.78. The van der Waals surface area contributed by atoms with Crippen LogP contribution in [0.25, 0.3) is 0 Å². The molecule has 0 aromatic heterocycles.